The Balaban J connectivity index is 1.85. The van der Waals surface area contributed by atoms with Crippen LogP contribution in [0.2, 0.25) is 0 Å². The maximum absolute atomic E-state index is 2.37. The normalized spacial score (nSPS) is 14.2. The van der Waals surface area contributed by atoms with Crippen LogP contribution in [0.15, 0.2) is 81.4 Å². The topological polar surface area (TPSA) is 0 Å². The second-order valence-corrected chi connectivity index (χ2v) is 15.2. The molecule has 0 aliphatic carbocycles. The summed E-state index contributed by atoms with van der Waals surface area (Å²) in [6.45, 7) is 0. The van der Waals surface area contributed by atoms with Crippen LogP contribution in [0.1, 0.15) is 0 Å². The van der Waals surface area contributed by atoms with Crippen molar-refractivity contribution in [2.45, 2.75) is 14.7 Å². The minimum atomic E-state index is -1.76. The van der Waals surface area contributed by atoms with E-state index >= 15 is 0 Å². The Kier molecular flexibility index (Phi) is 2.83. The fraction of sp³-hybridized carbons (Fsp3) is 0. The predicted molar refractivity (Wildman–Crippen MR) is 93.3 cm³/mol. The minimum absolute atomic E-state index is 1.43. The molecule has 5 rings (SSSR count). The molecule has 2 aliphatic rings. The number of rotatable bonds is 0. The first-order valence-electron chi connectivity index (χ1n) is 7.07. The van der Waals surface area contributed by atoms with Gasteiger partial charge in [-0.05, 0) is 0 Å². The van der Waals surface area contributed by atoms with Gasteiger partial charge in [0.1, 0.15) is 0 Å². The van der Waals surface area contributed by atoms with Crippen molar-refractivity contribution in [1.29, 1.82) is 0 Å². The van der Waals surface area contributed by atoms with E-state index in [9.17, 15) is 0 Å². The molecule has 2 aliphatic heterocycles. The molecule has 0 radical (unpaired) electrons. The van der Waals surface area contributed by atoms with Crippen LogP contribution in [0.3, 0.4) is 0 Å². The number of hydrogen-bond donors (Lipinski definition) is 0. The molecule has 2 heterocycles. The summed E-state index contributed by atoms with van der Waals surface area (Å²) in [6.07, 6.45) is 0. The molecule has 0 nitrogen and oxygen atoms in total. The molecule has 98 valence electrons. The van der Waals surface area contributed by atoms with Gasteiger partial charge in [-0.3, -0.25) is 0 Å². The SMILES string of the molecule is c1ccc2c(c1)[S][Ga]1[c]3ccccc3Sc3cccc-2[c]31. The van der Waals surface area contributed by atoms with Gasteiger partial charge in [0.15, 0.2) is 0 Å². The third kappa shape index (κ3) is 1.81. The molecular weight excluding hydrogens is 350 g/mol. The predicted octanol–water partition coefficient (Wildman–Crippen LogP) is 4.03. The zero-order valence-electron chi connectivity index (χ0n) is 11.2. The van der Waals surface area contributed by atoms with E-state index in [0.717, 1.165) is 0 Å². The monoisotopic (exact) mass is 360 g/mol. The van der Waals surface area contributed by atoms with Gasteiger partial charge in [-0.2, -0.15) is 0 Å². The molecular formula is C18H11GaS2. The third-order valence-corrected chi connectivity index (χ3v) is 17.3. The standard InChI is InChI=1S/C18H12S2.Ga/c19-18-12-5-4-11-17(18)14-7-6-10-16(13-14)20-15-8-2-1-3-9-15;/h1-8,10-12,19H;/q;+1/p-1. The van der Waals surface area contributed by atoms with Crippen LogP contribution in [-0.2, 0) is 0 Å². The first kappa shape index (κ1) is 12.5. The van der Waals surface area contributed by atoms with Crippen LogP contribution >= 0.6 is 21.5 Å². The van der Waals surface area contributed by atoms with Gasteiger partial charge >= 0.3 is 137 Å². The molecule has 0 saturated heterocycles. The summed E-state index contributed by atoms with van der Waals surface area (Å²) in [5.41, 5.74) is 2.93. The van der Waals surface area contributed by atoms with E-state index in [-0.39, 0.29) is 0 Å². The molecule has 0 unspecified atom stereocenters. The Morgan fingerprint density at radius 2 is 1.33 bits per heavy atom. The Hall–Kier alpha value is -1.00. The molecule has 0 spiro atoms. The molecule has 0 N–H and O–H groups in total. The van der Waals surface area contributed by atoms with Gasteiger partial charge in [-0.1, -0.05) is 0 Å². The molecule has 3 aromatic rings. The van der Waals surface area contributed by atoms with Crippen molar-refractivity contribution in [2.75, 3.05) is 0 Å². The van der Waals surface area contributed by atoms with Crippen molar-refractivity contribution < 1.29 is 0 Å². The fourth-order valence-corrected chi connectivity index (χ4v) is 18.6. The van der Waals surface area contributed by atoms with Crippen LogP contribution in [-0.4, -0.2) is 15.0 Å². The Labute approximate surface area is 136 Å². The quantitative estimate of drug-likeness (QED) is 0.555. The van der Waals surface area contributed by atoms with Gasteiger partial charge in [0.2, 0.25) is 0 Å². The van der Waals surface area contributed by atoms with Crippen LogP contribution in [0, 0.1) is 0 Å². The zero-order valence-corrected chi connectivity index (χ0v) is 15.3. The molecule has 0 aromatic heterocycles. The van der Waals surface area contributed by atoms with Gasteiger partial charge in [0.05, 0.1) is 0 Å². The van der Waals surface area contributed by atoms with Crippen molar-refractivity contribution in [2.24, 2.45) is 0 Å². The molecule has 3 aromatic carbocycles. The Morgan fingerprint density at radius 1 is 0.619 bits per heavy atom. The van der Waals surface area contributed by atoms with Crippen LogP contribution in [0.5, 0.6) is 0 Å². The third-order valence-electron chi connectivity index (χ3n) is 4.17. The molecule has 0 amide bonds. The van der Waals surface area contributed by atoms with Crippen molar-refractivity contribution in [3.05, 3.63) is 66.7 Å². The average Bonchev–Trinajstić information content (AvgIpc) is 2.55. The second kappa shape index (κ2) is 4.75. The van der Waals surface area contributed by atoms with E-state index in [0.29, 0.717) is 0 Å². The molecule has 0 bridgehead atoms. The zero-order chi connectivity index (χ0) is 13.8. The summed E-state index contributed by atoms with van der Waals surface area (Å²) in [5, 5.41) is 0. The van der Waals surface area contributed by atoms with Crippen molar-refractivity contribution in [1.82, 2.24) is 0 Å². The van der Waals surface area contributed by atoms with E-state index in [2.05, 4.69) is 76.4 Å². The van der Waals surface area contributed by atoms with E-state index in [1.54, 1.807) is 8.24 Å². The Morgan fingerprint density at radius 3 is 2.29 bits per heavy atom. The van der Waals surface area contributed by atoms with E-state index in [1.807, 2.05) is 11.8 Å². The summed E-state index contributed by atoms with van der Waals surface area (Å²) >= 11 is 0.194. The van der Waals surface area contributed by atoms with Gasteiger partial charge in [-0.25, -0.2) is 0 Å². The molecule has 0 saturated carbocycles. The molecule has 21 heavy (non-hydrogen) atoms. The summed E-state index contributed by atoms with van der Waals surface area (Å²) < 4.78 is 3.34. The van der Waals surface area contributed by atoms with Gasteiger partial charge in [0, 0.05) is 0 Å². The first-order chi connectivity index (χ1) is 10.4. The van der Waals surface area contributed by atoms with E-state index < -0.39 is 15.0 Å². The Bertz CT molecular complexity index is 873. The van der Waals surface area contributed by atoms with E-state index in [4.69, 9.17) is 0 Å². The maximum atomic E-state index is 2.37. The molecule has 0 fully saturated rings. The molecule has 0 atom stereocenters. The van der Waals surface area contributed by atoms with Crippen molar-refractivity contribution >= 4 is 44.7 Å². The van der Waals surface area contributed by atoms with Gasteiger partial charge in [0.25, 0.3) is 0 Å². The van der Waals surface area contributed by atoms with Crippen LogP contribution < -0.4 is 8.24 Å². The van der Waals surface area contributed by atoms with Gasteiger partial charge in [-0.15, -0.1) is 0 Å². The van der Waals surface area contributed by atoms with Crippen molar-refractivity contribution in [3.63, 3.8) is 0 Å². The summed E-state index contributed by atoms with van der Waals surface area (Å²) in [7, 11) is 2.18. The summed E-state index contributed by atoms with van der Waals surface area (Å²) in [4.78, 5) is 4.46. The van der Waals surface area contributed by atoms with Crippen LogP contribution in [0.25, 0.3) is 11.1 Å². The first-order valence-corrected chi connectivity index (χ1v) is 14.2. The summed E-state index contributed by atoms with van der Waals surface area (Å²) in [5.74, 6) is 0. The number of hydrogen-bond acceptors (Lipinski definition) is 2. The van der Waals surface area contributed by atoms with Crippen molar-refractivity contribution in [3.8, 4) is 11.1 Å². The fourth-order valence-electron chi connectivity index (χ4n) is 3.24. The van der Waals surface area contributed by atoms with Crippen LogP contribution in [0.4, 0.5) is 0 Å². The van der Waals surface area contributed by atoms with Gasteiger partial charge < -0.3 is 0 Å². The number of benzene rings is 3. The van der Waals surface area contributed by atoms with E-state index in [1.165, 1.54) is 25.8 Å². The average molecular weight is 361 g/mol. The number of fused-ring (bicyclic) bond motifs is 4. The summed E-state index contributed by atoms with van der Waals surface area (Å²) in [6, 6.07) is 24.8. The molecule has 3 heteroatoms. The second-order valence-electron chi connectivity index (χ2n) is 5.35.